The SMILES string of the molecule is CCCNC(Cc1cc(Br)ccc1F)C(C)(CC)N(C)C. The fourth-order valence-corrected chi connectivity index (χ4v) is 3.03. The highest BCUT2D eigenvalue weighted by Crippen LogP contribution is 2.26. The number of benzene rings is 1. The highest BCUT2D eigenvalue weighted by atomic mass is 79.9. The maximum absolute atomic E-state index is 14.1. The van der Waals surface area contributed by atoms with Crippen molar-refractivity contribution in [2.75, 3.05) is 20.6 Å². The second-order valence-corrected chi connectivity index (χ2v) is 6.97. The molecule has 2 atom stereocenters. The lowest BCUT2D eigenvalue weighted by Crippen LogP contribution is -2.58. The Hall–Kier alpha value is -0.450. The molecule has 2 nitrogen and oxygen atoms in total. The van der Waals surface area contributed by atoms with E-state index in [0.29, 0.717) is 6.42 Å². The number of likely N-dealkylation sites (N-methyl/N-ethyl adjacent to an activating group) is 1. The molecule has 0 aliphatic heterocycles. The van der Waals surface area contributed by atoms with E-state index in [4.69, 9.17) is 0 Å². The molecule has 120 valence electrons. The summed E-state index contributed by atoms with van der Waals surface area (Å²) in [6.07, 6.45) is 2.77. The van der Waals surface area contributed by atoms with Gasteiger partial charge >= 0.3 is 0 Å². The van der Waals surface area contributed by atoms with Crippen molar-refractivity contribution < 1.29 is 4.39 Å². The molecule has 0 heterocycles. The minimum atomic E-state index is -0.126. The van der Waals surface area contributed by atoms with E-state index >= 15 is 0 Å². The van der Waals surface area contributed by atoms with Crippen LogP contribution in [0.3, 0.4) is 0 Å². The van der Waals surface area contributed by atoms with Crippen LogP contribution in [0, 0.1) is 5.82 Å². The van der Waals surface area contributed by atoms with Crippen molar-refractivity contribution >= 4 is 15.9 Å². The van der Waals surface area contributed by atoms with Crippen molar-refractivity contribution in [3.8, 4) is 0 Å². The number of nitrogens with one attached hydrogen (secondary N) is 1. The predicted octanol–water partition coefficient (Wildman–Crippen LogP) is 4.23. The van der Waals surface area contributed by atoms with Gasteiger partial charge in [-0.15, -0.1) is 0 Å². The zero-order valence-electron chi connectivity index (χ0n) is 13.8. The molecule has 1 aromatic carbocycles. The van der Waals surface area contributed by atoms with E-state index in [-0.39, 0.29) is 17.4 Å². The van der Waals surface area contributed by atoms with Gasteiger partial charge in [0.1, 0.15) is 5.82 Å². The standard InChI is InChI=1S/C17H28BrFN2/c1-6-10-20-16(17(3,7-2)21(4)5)12-13-11-14(18)8-9-15(13)19/h8-9,11,16,20H,6-7,10,12H2,1-5H3. The summed E-state index contributed by atoms with van der Waals surface area (Å²) >= 11 is 3.44. The Labute approximate surface area is 137 Å². The summed E-state index contributed by atoms with van der Waals surface area (Å²) in [5.74, 6) is -0.126. The number of halogens is 2. The summed E-state index contributed by atoms with van der Waals surface area (Å²) in [5.41, 5.74) is 0.753. The third kappa shape index (κ3) is 4.76. The van der Waals surface area contributed by atoms with Crippen LogP contribution in [0.4, 0.5) is 4.39 Å². The largest absolute Gasteiger partial charge is 0.312 e. The van der Waals surface area contributed by atoms with Crippen LogP contribution in [0.1, 0.15) is 39.2 Å². The molecule has 21 heavy (non-hydrogen) atoms. The van der Waals surface area contributed by atoms with Crippen LogP contribution in [0.15, 0.2) is 22.7 Å². The van der Waals surface area contributed by atoms with Crippen molar-refractivity contribution in [1.82, 2.24) is 10.2 Å². The smallest absolute Gasteiger partial charge is 0.126 e. The number of rotatable bonds is 8. The molecule has 0 aliphatic carbocycles. The molecule has 0 aromatic heterocycles. The van der Waals surface area contributed by atoms with Crippen LogP contribution < -0.4 is 5.32 Å². The summed E-state index contributed by atoms with van der Waals surface area (Å²) in [4.78, 5) is 2.25. The van der Waals surface area contributed by atoms with Gasteiger partial charge in [0.25, 0.3) is 0 Å². The third-order valence-corrected chi connectivity index (χ3v) is 5.05. The first-order valence-electron chi connectivity index (χ1n) is 7.69. The van der Waals surface area contributed by atoms with E-state index < -0.39 is 0 Å². The summed E-state index contributed by atoms with van der Waals surface area (Å²) in [5, 5.41) is 3.61. The van der Waals surface area contributed by atoms with Crippen LogP contribution in [0.5, 0.6) is 0 Å². The zero-order valence-corrected chi connectivity index (χ0v) is 15.4. The highest BCUT2D eigenvalue weighted by Gasteiger charge is 2.34. The molecule has 0 saturated carbocycles. The molecular weight excluding hydrogens is 331 g/mol. The molecule has 0 fully saturated rings. The lowest BCUT2D eigenvalue weighted by Gasteiger charge is -2.43. The second kappa shape index (κ2) is 8.25. The quantitative estimate of drug-likeness (QED) is 0.747. The molecule has 0 amide bonds. The van der Waals surface area contributed by atoms with Gasteiger partial charge in [-0.2, -0.15) is 0 Å². The maximum Gasteiger partial charge on any atom is 0.126 e. The molecule has 1 rings (SSSR count). The maximum atomic E-state index is 14.1. The van der Waals surface area contributed by atoms with Gasteiger partial charge in [-0.05, 0) is 70.6 Å². The number of nitrogens with zero attached hydrogens (tertiary/aromatic N) is 1. The van der Waals surface area contributed by atoms with Gasteiger partial charge in [-0.25, -0.2) is 4.39 Å². The van der Waals surface area contributed by atoms with Crippen LogP contribution in [0.25, 0.3) is 0 Å². The number of hydrogen-bond donors (Lipinski definition) is 1. The first kappa shape index (κ1) is 18.6. The predicted molar refractivity (Wildman–Crippen MR) is 92.3 cm³/mol. The first-order valence-corrected chi connectivity index (χ1v) is 8.49. The number of hydrogen-bond acceptors (Lipinski definition) is 2. The van der Waals surface area contributed by atoms with Gasteiger partial charge < -0.3 is 10.2 Å². The molecule has 2 unspecified atom stereocenters. The zero-order chi connectivity index (χ0) is 16.0. The summed E-state index contributed by atoms with van der Waals surface area (Å²) in [6, 6.07) is 5.39. The van der Waals surface area contributed by atoms with Crippen molar-refractivity contribution in [3.63, 3.8) is 0 Å². The van der Waals surface area contributed by atoms with E-state index in [0.717, 1.165) is 29.4 Å². The Morgan fingerprint density at radius 1 is 1.33 bits per heavy atom. The molecule has 1 N–H and O–H groups in total. The van der Waals surface area contributed by atoms with Crippen molar-refractivity contribution in [2.24, 2.45) is 0 Å². The summed E-state index contributed by atoms with van der Waals surface area (Å²) < 4.78 is 15.0. The van der Waals surface area contributed by atoms with Gasteiger partial charge in [0.15, 0.2) is 0 Å². The molecule has 1 aromatic rings. The minimum Gasteiger partial charge on any atom is -0.312 e. The summed E-state index contributed by atoms with van der Waals surface area (Å²) in [7, 11) is 4.20. The molecule has 0 bridgehead atoms. The first-order chi connectivity index (χ1) is 9.85. The van der Waals surface area contributed by atoms with Crippen molar-refractivity contribution in [1.29, 1.82) is 0 Å². The van der Waals surface area contributed by atoms with E-state index in [2.05, 4.69) is 61.0 Å². The van der Waals surface area contributed by atoms with Gasteiger partial charge in [-0.1, -0.05) is 29.8 Å². The van der Waals surface area contributed by atoms with Gasteiger partial charge in [0.2, 0.25) is 0 Å². The van der Waals surface area contributed by atoms with Crippen LogP contribution in [-0.4, -0.2) is 37.1 Å². The Balaban J connectivity index is 3.05. The third-order valence-electron chi connectivity index (χ3n) is 4.56. The lowest BCUT2D eigenvalue weighted by atomic mass is 9.84. The van der Waals surface area contributed by atoms with Crippen molar-refractivity contribution in [2.45, 2.75) is 51.6 Å². The van der Waals surface area contributed by atoms with E-state index in [9.17, 15) is 4.39 Å². The lowest BCUT2D eigenvalue weighted by molar-refractivity contribution is 0.112. The fraction of sp³-hybridized carbons (Fsp3) is 0.647. The molecule has 0 spiro atoms. The molecular formula is C17H28BrFN2. The van der Waals surface area contributed by atoms with Crippen LogP contribution in [-0.2, 0) is 6.42 Å². The Morgan fingerprint density at radius 3 is 2.52 bits per heavy atom. The fourth-order valence-electron chi connectivity index (χ4n) is 2.62. The Morgan fingerprint density at radius 2 is 2.00 bits per heavy atom. The van der Waals surface area contributed by atoms with Gasteiger partial charge in [0, 0.05) is 16.1 Å². The molecule has 0 radical (unpaired) electrons. The van der Waals surface area contributed by atoms with E-state index in [1.165, 1.54) is 6.07 Å². The van der Waals surface area contributed by atoms with Gasteiger partial charge in [0.05, 0.1) is 0 Å². The van der Waals surface area contributed by atoms with Crippen molar-refractivity contribution in [3.05, 3.63) is 34.1 Å². The highest BCUT2D eigenvalue weighted by molar-refractivity contribution is 9.10. The second-order valence-electron chi connectivity index (χ2n) is 6.05. The van der Waals surface area contributed by atoms with E-state index in [1.807, 2.05) is 6.07 Å². The Kier molecular flexibility index (Phi) is 7.31. The molecule has 0 saturated heterocycles. The average molecular weight is 359 g/mol. The summed E-state index contributed by atoms with van der Waals surface area (Å²) in [6.45, 7) is 7.54. The normalized spacial score (nSPS) is 16.0. The Bertz CT molecular complexity index is 450. The van der Waals surface area contributed by atoms with Crippen LogP contribution in [0.2, 0.25) is 0 Å². The topological polar surface area (TPSA) is 15.3 Å². The average Bonchev–Trinajstić information content (AvgIpc) is 2.45. The molecule has 4 heteroatoms. The minimum absolute atomic E-state index is 0.00999. The monoisotopic (exact) mass is 358 g/mol. The van der Waals surface area contributed by atoms with Gasteiger partial charge in [-0.3, -0.25) is 0 Å². The van der Waals surface area contributed by atoms with Crippen LogP contribution >= 0.6 is 15.9 Å². The van der Waals surface area contributed by atoms with E-state index in [1.54, 1.807) is 6.07 Å². The molecule has 0 aliphatic rings.